The van der Waals surface area contributed by atoms with Crippen molar-refractivity contribution in [2.75, 3.05) is 58.4 Å². The lowest BCUT2D eigenvalue weighted by Gasteiger charge is -2.37. The van der Waals surface area contributed by atoms with Gasteiger partial charge in [-0.15, -0.1) is 11.3 Å². The van der Waals surface area contributed by atoms with Gasteiger partial charge in [-0.05, 0) is 74.9 Å². The zero-order chi connectivity index (χ0) is 37.9. The molecule has 4 atom stereocenters. The monoisotopic (exact) mass is 754 g/mol. The maximum Gasteiger partial charge on any atom is 0.324 e. The number of nitrogens with one attached hydrogen (secondary N) is 1. The normalized spacial score (nSPS) is 24.4. The van der Waals surface area contributed by atoms with Crippen LogP contribution in [0.1, 0.15) is 68.5 Å². The molecule has 0 aliphatic carbocycles. The number of benzene rings is 1. The average Bonchev–Trinajstić information content (AvgIpc) is 3.75. The summed E-state index contributed by atoms with van der Waals surface area (Å²) in [6.07, 6.45) is 5.33. The zero-order valence-corrected chi connectivity index (χ0v) is 33.3. The van der Waals surface area contributed by atoms with Gasteiger partial charge in [0.1, 0.15) is 6.04 Å². The van der Waals surface area contributed by atoms with Crippen molar-refractivity contribution in [3.63, 3.8) is 0 Å². The average molecular weight is 755 g/mol. The van der Waals surface area contributed by atoms with Crippen molar-refractivity contribution >= 4 is 39.8 Å². The summed E-state index contributed by atoms with van der Waals surface area (Å²) in [6, 6.07) is 5.51. The van der Waals surface area contributed by atoms with Gasteiger partial charge in [-0.1, -0.05) is 20.8 Å². The third kappa shape index (κ3) is 7.05. The molecule has 54 heavy (non-hydrogen) atoms. The van der Waals surface area contributed by atoms with E-state index in [0.717, 1.165) is 78.8 Å². The first-order valence-electron chi connectivity index (χ1n) is 19.5. The van der Waals surface area contributed by atoms with Gasteiger partial charge in [0.25, 0.3) is 5.91 Å². The highest BCUT2D eigenvalue weighted by atomic mass is 32.1. The maximum atomic E-state index is 13.7. The van der Waals surface area contributed by atoms with Crippen LogP contribution in [0.5, 0.6) is 0 Å². The number of hydrogen-bond acceptors (Lipinski definition) is 11. The van der Waals surface area contributed by atoms with Crippen LogP contribution in [-0.2, 0) is 44.9 Å². The first kappa shape index (κ1) is 37.1. The first-order valence-corrected chi connectivity index (χ1v) is 20.4. The number of esters is 1. The molecule has 6 bridgehead atoms. The van der Waals surface area contributed by atoms with Gasteiger partial charge in [-0.3, -0.25) is 19.6 Å². The molecule has 8 rings (SSSR count). The number of thiazole rings is 1. The van der Waals surface area contributed by atoms with E-state index < -0.39 is 17.5 Å². The van der Waals surface area contributed by atoms with Crippen LogP contribution in [0.3, 0.4) is 0 Å². The summed E-state index contributed by atoms with van der Waals surface area (Å²) in [5.41, 5.74) is 19.3. The molecule has 4 aliphatic heterocycles. The van der Waals surface area contributed by atoms with Crippen LogP contribution in [0.15, 0.2) is 29.8 Å². The van der Waals surface area contributed by atoms with E-state index in [2.05, 4.69) is 71.2 Å². The number of ether oxygens (including phenoxy) is 2. The summed E-state index contributed by atoms with van der Waals surface area (Å²) in [6.45, 7) is 14.0. The van der Waals surface area contributed by atoms with Gasteiger partial charge in [0.2, 0.25) is 0 Å². The quantitative estimate of drug-likeness (QED) is 0.276. The van der Waals surface area contributed by atoms with Gasteiger partial charge in [-0.25, -0.2) is 10.4 Å². The predicted molar refractivity (Wildman–Crippen MR) is 212 cm³/mol. The summed E-state index contributed by atoms with van der Waals surface area (Å²) in [5.74, 6) is -0.486. The Hall–Kier alpha value is -3.88. The molecule has 4 aromatic rings. The smallest absolute Gasteiger partial charge is 0.324 e. The number of pyridine rings is 1. The SMILES string of the molecule is COC(C)c1ncc(N2CCN(C)CC2)cc1-c1c2c3cc(cc4c3n1CCC4)-c1csc(n1)CC(N)C(=O)N1C[C@H](C)CC(N1)C(=O)OCC(C)(C)C2. The minimum atomic E-state index is -0.790. The second-order valence-corrected chi connectivity index (χ2v) is 17.7. The molecule has 3 aromatic heterocycles. The maximum absolute atomic E-state index is 13.7. The molecule has 0 radical (unpaired) electrons. The van der Waals surface area contributed by atoms with Crippen molar-refractivity contribution in [1.29, 1.82) is 0 Å². The Labute approximate surface area is 322 Å². The summed E-state index contributed by atoms with van der Waals surface area (Å²) >= 11 is 1.54. The number of anilines is 1. The highest BCUT2D eigenvalue weighted by Crippen LogP contribution is 2.45. The molecule has 2 fully saturated rings. The van der Waals surface area contributed by atoms with Gasteiger partial charge < -0.3 is 29.6 Å². The third-order valence-electron chi connectivity index (χ3n) is 11.7. The van der Waals surface area contributed by atoms with E-state index in [1.165, 1.54) is 44.1 Å². The third-order valence-corrected chi connectivity index (χ3v) is 12.6. The number of methoxy groups -OCH3 is 1. The number of nitrogens with zero attached hydrogens (tertiary/aromatic N) is 6. The fourth-order valence-corrected chi connectivity index (χ4v) is 9.61. The predicted octanol–water partition coefficient (Wildman–Crippen LogP) is 4.97. The van der Waals surface area contributed by atoms with Crippen LogP contribution in [0.2, 0.25) is 0 Å². The largest absolute Gasteiger partial charge is 0.464 e. The van der Waals surface area contributed by atoms with Crippen LogP contribution in [-0.4, -0.2) is 102 Å². The Morgan fingerprint density at radius 3 is 2.70 bits per heavy atom. The zero-order valence-electron chi connectivity index (χ0n) is 32.5. The van der Waals surface area contributed by atoms with Crippen LogP contribution in [0.25, 0.3) is 33.4 Å². The van der Waals surface area contributed by atoms with Crippen LogP contribution >= 0.6 is 11.3 Å². The van der Waals surface area contributed by atoms with E-state index in [0.29, 0.717) is 25.8 Å². The number of cyclic esters (lactones) is 1. The van der Waals surface area contributed by atoms with Crippen molar-refractivity contribution in [2.45, 2.75) is 84.5 Å². The van der Waals surface area contributed by atoms with Crippen molar-refractivity contribution < 1.29 is 19.1 Å². The number of hydrazine groups is 1. The molecule has 3 N–H and O–H groups in total. The molecular weight excluding hydrogens is 701 g/mol. The molecule has 1 amide bonds. The Morgan fingerprint density at radius 2 is 1.93 bits per heavy atom. The van der Waals surface area contributed by atoms with E-state index in [1.54, 1.807) is 7.11 Å². The number of hydrogen-bond donors (Lipinski definition) is 2. The van der Waals surface area contributed by atoms with Gasteiger partial charge in [-0.2, -0.15) is 0 Å². The molecule has 13 heteroatoms. The number of aromatic nitrogens is 3. The lowest BCUT2D eigenvalue weighted by atomic mass is 9.84. The van der Waals surface area contributed by atoms with Crippen LogP contribution in [0, 0.1) is 11.3 Å². The number of nitrogens with two attached hydrogens (primary N) is 1. The highest BCUT2D eigenvalue weighted by Gasteiger charge is 2.37. The van der Waals surface area contributed by atoms with E-state index in [-0.39, 0.29) is 30.5 Å². The summed E-state index contributed by atoms with van der Waals surface area (Å²) in [4.78, 5) is 42.3. The van der Waals surface area contributed by atoms with Gasteiger partial charge in [0.15, 0.2) is 0 Å². The highest BCUT2D eigenvalue weighted by molar-refractivity contribution is 7.10. The molecule has 0 saturated carbocycles. The van der Waals surface area contributed by atoms with Crippen molar-refractivity contribution in [1.82, 2.24) is 29.9 Å². The Kier molecular flexibility index (Phi) is 10.1. The van der Waals surface area contributed by atoms with E-state index in [9.17, 15) is 9.59 Å². The van der Waals surface area contributed by atoms with E-state index >= 15 is 0 Å². The number of carbonyl (C=O) groups is 2. The van der Waals surface area contributed by atoms with Crippen LogP contribution in [0.4, 0.5) is 5.69 Å². The number of aryl methyl sites for hydroxylation is 2. The number of piperazine rings is 1. The van der Waals surface area contributed by atoms with E-state index in [4.69, 9.17) is 25.2 Å². The minimum absolute atomic E-state index is 0.105. The van der Waals surface area contributed by atoms with Crippen molar-refractivity contribution in [3.8, 4) is 22.5 Å². The number of likely N-dealkylation sites (N-methyl/N-ethyl adjacent to an activating group) is 1. The molecule has 12 nitrogen and oxygen atoms in total. The molecule has 288 valence electrons. The summed E-state index contributed by atoms with van der Waals surface area (Å²) in [5, 5.41) is 5.61. The Morgan fingerprint density at radius 1 is 1.13 bits per heavy atom. The first-order chi connectivity index (χ1) is 25.9. The Bertz CT molecular complexity index is 2070. The Balaban J connectivity index is 1.31. The number of fused-ring (bicyclic) bond motifs is 6. The molecule has 4 aliphatic rings. The fourth-order valence-electron chi connectivity index (χ4n) is 8.74. The minimum Gasteiger partial charge on any atom is -0.464 e. The van der Waals surface area contributed by atoms with E-state index in [1.807, 2.05) is 13.1 Å². The second kappa shape index (κ2) is 14.6. The molecule has 0 spiro atoms. The van der Waals surface area contributed by atoms with Crippen molar-refractivity contribution in [3.05, 3.63) is 51.6 Å². The number of carbonyl (C=O) groups excluding carboxylic acids is 2. The van der Waals surface area contributed by atoms with Gasteiger partial charge in [0.05, 0.1) is 58.2 Å². The molecule has 2 saturated heterocycles. The summed E-state index contributed by atoms with van der Waals surface area (Å²) in [7, 11) is 3.92. The van der Waals surface area contributed by atoms with Gasteiger partial charge in [0, 0.05) is 80.1 Å². The molecular formula is C41H54N8O4S. The number of rotatable bonds is 4. The molecule has 7 heterocycles. The lowest BCUT2D eigenvalue weighted by Crippen LogP contribution is -2.61. The second-order valence-electron chi connectivity index (χ2n) is 16.8. The standard InChI is InChI=1S/C41H54N8O4S/c1-24-14-33-40(51)53-23-41(3,4)19-31-29-16-27(34-22-54-35(44-34)18-32(42)39(50)49(21-24)45-33)15-26-8-7-9-48(37(26)29)38(31)30-17-28(20-43-36(30)25(2)52-6)47-12-10-46(5)11-13-47/h15-17,20,22,24-25,32-33,45H,7-14,18-19,21,23,42H2,1-6H3/t24-,25?,32?,33?/m1/s1. The number of amides is 1. The van der Waals surface area contributed by atoms with Crippen molar-refractivity contribution in [2.24, 2.45) is 17.1 Å². The molecule has 1 aromatic carbocycles. The topological polar surface area (TPSA) is 131 Å². The molecule has 3 unspecified atom stereocenters. The summed E-state index contributed by atoms with van der Waals surface area (Å²) < 4.78 is 14.6. The lowest BCUT2D eigenvalue weighted by molar-refractivity contribution is -0.156. The fraction of sp³-hybridized carbons (Fsp3) is 0.561. The van der Waals surface area contributed by atoms with Gasteiger partial charge >= 0.3 is 5.97 Å². The van der Waals surface area contributed by atoms with Crippen LogP contribution < -0.4 is 16.1 Å².